The first kappa shape index (κ1) is 14.2. The first-order valence-corrected chi connectivity index (χ1v) is 6.89. The second-order valence-corrected chi connectivity index (χ2v) is 5.69. The molecule has 1 saturated carbocycles. The van der Waals surface area contributed by atoms with Crippen LogP contribution in [0.25, 0.3) is 0 Å². The first-order valence-electron chi connectivity index (χ1n) is 6.89. The third kappa shape index (κ3) is 2.46. The summed E-state index contributed by atoms with van der Waals surface area (Å²) in [5, 5.41) is 0. The summed E-state index contributed by atoms with van der Waals surface area (Å²) in [4.78, 5) is 14.1. The molecule has 1 amide bonds. The number of fused-ring (bicyclic) bond motifs is 2. The molecule has 21 heavy (non-hydrogen) atoms. The maximum atomic E-state index is 13.0. The van der Waals surface area contributed by atoms with Crippen molar-refractivity contribution < 1.29 is 18.0 Å². The average Bonchev–Trinajstić information content (AvgIpc) is 3.07. The van der Waals surface area contributed by atoms with E-state index < -0.39 is 11.7 Å². The molecule has 4 nitrogen and oxygen atoms in total. The molecular formula is C14H16F3N3O. The van der Waals surface area contributed by atoms with E-state index >= 15 is 0 Å². The summed E-state index contributed by atoms with van der Waals surface area (Å²) >= 11 is 0. The van der Waals surface area contributed by atoms with Crippen LogP contribution in [0.2, 0.25) is 0 Å². The number of piperidine rings is 1. The molecule has 2 bridgehead atoms. The van der Waals surface area contributed by atoms with Gasteiger partial charge in [0.15, 0.2) is 0 Å². The maximum Gasteiger partial charge on any atom is 0.418 e. The Morgan fingerprint density at radius 2 is 2.10 bits per heavy atom. The van der Waals surface area contributed by atoms with Crippen LogP contribution in [0.4, 0.5) is 18.9 Å². The van der Waals surface area contributed by atoms with Crippen LogP contribution in [0.15, 0.2) is 18.2 Å². The van der Waals surface area contributed by atoms with Crippen molar-refractivity contribution in [3.8, 4) is 0 Å². The predicted octanol–water partition coefficient (Wildman–Crippen LogP) is 2.62. The van der Waals surface area contributed by atoms with Crippen LogP contribution in [0.5, 0.6) is 0 Å². The third-order valence-corrected chi connectivity index (χ3v) is 4.40. The van der Waals surface area contributed by atoms with Gasteiger partial charge in [0.2, 0.25) is 0 Å². The van der Waals surface area contributed by atoms with Crippen LogP contribution in [-0.4, -0.2) is 23.4 Å². The van der Waals surface area contributed by atoms with Gasteiger partial charge in [-0.25, -0.2) is 0 Å². The van der Waals surface area contributed by atoms with Gasteiger partial charge in [0, 0.05) is 18.2 Å². The lowest BCUT2D eigenvalue weighted by molar-refractivity contribution is -0.137. The van der Waals surface area contributed by atoms with Gasteiger partial charge < -0.3 is 10.3 Å². The number of halogens is 3. The van der Waals surface area contributed by atoms with E-state index in [4.69, 9.17) is 5.84 Å². The Kier molecular flexibility index (Phi) is 3.32. The van der Waals surface area contributed by atoms with E-state index in [1.807, 2.05) is 5.43 Å². The summed E-state index contributed by atoms with van der Waals surface area (Å²) in [6.45, 7) is 0.655. The Hall–Kier alpha value is -1.76. The van der Waals surface area contributed by atoms with E-state index in [0.717, 1.165) is 25.3 Å². The van der Waals surface area contributed by atoms with E-state index in [9.17, 15) is 18.0 Å². The molecule has 2 atom stereocenters. The number of anilines is 1. The molecule has 0 aromatic heterocycles. The number of alkyl halides is 3. The molecule has 114 valence electrons. The van der Waals surface area contributed by atoms with Gasteiger partial charge in [-0.05, 0) is 43.4 Å². The smallest absolute Gasteiger partial charge is 0.335 e. The molecule has 1 aliphatic heterocycles. The Balaban J connectivity index is 1.90. The topological polar surface area (TPSA) is 58.4 Å². The van der Waals surface area contributed by atoms with Gasteiger partial charge in [0.25, 0.3) is 5.91 Å². The Morgan fingerprint density at radius 1 is 1.33 bits per heavy atom. The molecule has 7 heteroatoms. The highest BCUT2D eigenvalue weighted by atomic mass is 19.4. The normalized spacial score (nSPS) is 24.5. The van der Waals surface area contributed by atoms with Crippen molar-refractivity contribution >= 4 is 11.6 Å². The second kappa shape index (κ2) is 4.91. The number of nitrogens with zero attached hydrogens (tertiary/aromatic N) is 1. The minimum absolute atomic E-state index is 0.0638. The van der Waals surface area contributed by atoms with E-state index in [-0.39, 0.29) is 23.2 Å². The van der Waals surface area contributed by atoms with Gasteiger partial charge in [-0.3, -0.25) is 10.6 Å². The van der Waals surface area contributed by atoms with E-state index in [2.05, 4.69) is 0 Å². The van der Waals surface area contributed by atoms with Gasteiger partial charge in [0.05, 0.1) is 11.3 Å². The lowest BCUT2D eigenvalue weighted by Crippen LogP contribution is -2.37. The highest BCUT2D eigenvalue weighted by molar-refractivity contribution is 5.95. The molecular weight excluding hydrogens is 283 g/mol. The summed E-state index contributed by atoms with van der Waals surface area (Å²) in [5.74, 6) is 5.28. The number of hydrogen-bond acceptors (Lipinski definition) is 3. The van der Waals surface area contributed by atoms with Crippen LogP contribution in [0, 0.1) is 5.92 Å². The summed E-state index contributed by atoms with van der Waals surface area (Å²) in [5.41, 5.74) is 0.933. The zero-order valence-electron chi connectivity index (χ0n) is 11.3. The average molecular weight is 299 g/mol. The quantitative estimate of drug-likeness (QED) is 0.652. The SMILES string of the molecule is NNc1ccc(C(=O)N2CC3CCC2C3)cc1C(F)(F)F. The molecule has 2 unspecified atom stereocenters. The number of nitrogens with one attached hydrogen (secondary N) is 1. The van der Waals surface area contributed by atoms with E-state index in [1.165, 1.54) is 12.1 Å². The van der Waals surface area contributed by atoms with Crippen molar-refractivity contribution in [2.24, 2.45) is 11.8 Å². The zero-order valence-corrected chi connectivity index (χ0v) is 11.3. The molecule has 1 saturated heterocycles. The predicted molar refractivity (Wildman–Crippen MR) is 71.4 cm³/mol. The van der Waals surface area contributed by atoms with Crippen molar-refractivity contribution in [1.82, 2.24) is 4.90 Å². The van der Waals surface area contributed by atoms with Crippen LogP contribution in [0.1, 0.15) is 35.2 Å². The Bertz CT molecular complexity index is 573. The van der Waals surface area contributed by atoms with Gasteiger partial charge >= 0.3 is 6.18 Å². The lowest BCUT2D eigenvalue weighted by Gasteiger charge is -2.27. The van der Waals surface area contributed by atoms with Gasteiger partial charge in [-0.15, -0.1) is 0 Å². The van der Waals surface area contributed by atoms with E-state index in [1.54, 1.807) is 4.90 Å². The standard InChI is InChI=1S/C14H16F3N3O/c15-14(16,17)11-6-9(2-4-12(11)19-18)13(21)20-7-8-1-3-10(20)5-8/h2,4,6,8,10,19H,1,3,5,7,18H2. The number of benzene rings is 1. The third-order valence-electron chi connectivity index (χ3n) is 4.40. The van der Waals surface area contributed by atoms with Crippen molar-refractivity contribution in [2.45, 2.75) is 31.5 Å². The first-order chi connectivity index (χ1) is 9.90. The van der Waals surface area contributed by atoms with Crippen molar-refractivity contribution in [3.05, 3.63) is 29.3 Å². The van der Waals surface area contributed by atoms with E-state index in [0.29, 0.717) is 12.5 Å². The Morgan fingerprint density at radius 3 is 2.62 bits per heavy atom. The number of hydrogen-bond donors (Lipinski definition) is 2. The van der Waals surface area contributed by atoms with Crippen molar-refractivity contribution in [3.63, 3.8) is 0 Å². The number of nitrogens with two attached hydrogens (primary N) is 1. The molecule has 2 fully saturated rings. The monoisotopic (exact) mass is 299 g/mol. The number of likely N-dealkylation sites (tertiary alicyclic amines) is 1. The molecule has 3 N–H and O–H groups in total. The van der Waals surface area contributed by atoms with Crippen molar-refractivity contribution in [1.29, 1.82) is 0 Å². The second-order valence-electron chi connectivity index (χ2n) is 5.69. The molecule has 1 heterocycles. The molecule has 0 radical (unpaired) electrons. The van der Waals surface area contributed by atoms with Gasteiger partial charge in [-0.1, -0.05) is 0 Å². The number of amides is 1. The number of rotatable bonds is 2. The van der Waals surface area contributed by atoms with Crippen LogP contribution in [0.3, 0.4) is 0 Å². The summed E-state index contributed by atoms with van der Waals surface area (Å²) in [6, 6.07) is 3.65. The molecule has 2 aliphatic rings. The number of carbonyl (C=O) groups excluding carboxylic acids is 1. The molecule has 3 rings (SSSR count). The number of hydrazine groups is 1. The fraction of sp³-hybridized carbons (Fsp3) is 0.500. The molecule has 1 aliphatic carbocycles. The fourth-order valence-corrected chi connectivity index (χ4v) is 3.38. The van der Waals surface area contributed by atoms with Gasteiger partial charge in [0.1, 0.15) is 0 Å². The number of carbonyl (C=O) groups is 1. The zero-order chi connectivity index (χ0) is 15.2. The minimum Gasteiger partial charge on any atom is -0.335 e. The van der Waals surface area contributed by atoms with Gasteiger partial charge in [-0.2, -0.15) is 13.2 Å². The summed E-state index contributed by atoms with van der Waals surface area (Å²) in [7, 11) is 0. The fourth-order valence-electron chi connectivity index (χ4n) is 3.38. The number of nitrogen functional groups attached to an aromatic ring is 1. The van der Waals surface area contributed by atoms with Crippen LogP contribution >= 0.6 is 0 Å². The minimum atomic E-state index is -4.55. The maximum absolute atomic E-state index is 13.0. The highest BCUT2D eigenvalue weighted by Crippen LogP contribution is 2.39. The van der Waals surface area contributed by atoms with Crippen LogP contribution < -0.4 is 11.3 Å². The lowest BCUT2D eigenvalue weighted by atomic mass is 10.1. The summed E-state index contributed by atoms with van der Waals surface area (Å²) < 4.78 is 39.0. The molecule has 1 aromatic rings. The van der Waals surface area contributed by atoms with Crippen molar-refractivity contribution in [2.75, 3.05) is 12.0 Å². The highest BCUT2D eigenvalue weighted by Gasteiger charge is 2.41. The molecule has 1 aromatic carbocycles. The van der Waals surface area contributed by atoms with Crippen LogP contribution in [-0.2, 0) is 6.18 Å². The molecule has 0 spiro atoms. The largest absolute Gasteiger partial charge is 0.418 e. The summed E-state index contributed by atoms with van der Waals surface area (Å²) in [6.07, 6.45) is -1.52. The Labute approximate surface area is 120 Å².